The summed E-state index contributed by atoms with van der Waals surface area (Å²) in [6.07, 6.45) is 2.92. The van der Waals surface area contributed by atoms with Gasteiger partial charge in [-0.3, -0.25) is 14.5 Å². The van der Waals surface area contributed by atoms with E-state index in [1.807, 2.05) is 6.07 Å². The van der Waals surface area contributed by atoms with Gasteiger partial charge in [0.2, 0.25) is 0 Å². The minimum absolute atomic E-state index is 0.279. The SMILES string of the molecule is C[C@@]1(c2cc(F)ccc2F)NC(=O)N(CC(=O)c2ccc3c(c2)CCC3)C1=O. The maximum Gasteiger partial charge on any atom is 0.325 e. The minimum atomic E-state index is -1.78. The number of aryl methyl sites for hydroxylation is 2. The van der Waals surface area contributed by atoms with Crippen LogP contribution in [0.2, 0.25) is 0 Å². The van der Waals surface area contributed by atoms with Gasteiger partial charge in [0.25, 0.3) is 5.91 Å². The topological polar surface area (TPSA) is 66.5 Å². The summed E-state index contributed by atoms with van der Waals surface area (Å²) in [7, 11) is 0. The number of imide groups is 1. The van der Waals surface area contributed by atoms with Crippen LogP contribution >= 0.6 is 0 Å². The highest BCUT2D eigenvalue weighted by Gasteiger charge is 2.50. The lowest BCUT2D eigenvalue weighted by molar-refractivity contribution is -0.130. The van der Waals surface area contributed by atoms with Gasteiger partial charge in [-0.05, 0) is 61.6 Å². The van der Waals surface area contributed by atoms with Gasteiger partial charge in [0, 0.05) is 11.1 Å². The summed E-state index contributed by atoms with van der Waals surface area (Å²) in [4.78, 5) is 38.6. The van der Waals surface area contributed by atoms with E-state index in [1.54, 1.807) is 12.1 Å². The van der Waals surface area contributed by atoms with E-state index in [2.05, 4.69) is 5.32 Å². The number of ketones is 1. The number of benzene rings is 2. The molecule has 1 N–H and O–H groups in total. The fraction of sp³-hybridized carbons (Fsp3) is 0.286. The number of rotatable bonds is 4. The van der Waals surface area contributed by atoms with Gasteiger partial charge >= 0.3 is 6.03 Å². The molecule has 2 aromatic carbocycles. The Labute approximate surface area is 160 Å². The summed E-state index contributed by atoms with van der Waals surface area (Å²) < 4.78 is 27.8. The molecule has 2 aliphatic rings. The summed E-state index contributed by atoms with van der Waals surface area (Å²) in [5.74, 6) is -2.73. The molecule has 0 spiro atoms. The molecule has 1 atom stereocenters. The summed E-state index contributed by atoms with van der Waals surface area (Å²) in [6, 6.07) is 7.27. The first-order chi connectivity index (χ1) is 13.3. The highest BCUT2D eigenvalue weighted by atomic mass is 19.1. The van der Waals surface area contributed by atoms with E-state index < -0.39 is 35.7 Å². The van der Waals surface area contributed by atoms with Crippen LogP contribution in [0.1, 0.15) is 40.4 Å². The third kappa shape index (κ3) is 2.87. The first-order valence-corrected chi connectivity index (χ1v) is 9.04. The average molecular weight is 384 g/mol. The van der Waals surface area contributed by atoms with Crippen molar-refractivity contribution in [1.82, 2.24) is 10.2 Å². The molecule has 3 amide bonds. The highest BCUT2D eigenvalue weighted by Crippen LogP contribution is 2.31. The van der Waals surface area contributed by atoms with Crippen molar-refractivity contribution in [1.29, 1.82) is 0 Å². The maximum atomic E-state index is 14.2. The Hall–Kier alpha value is -3.09. The van der Waals surface area contributed by atoms with Crippen molar-refractivity contribution in [3.05, 3.63) is 70.3 Å². The van der Waals surface area contributed by atoms with Crippen LogP contribution in [0.15, 0.2) is 36.4 Å². The van der Waals surface area contributed by atoms with Gasteiger partial charge in [-0.25, -0.2) is 13.6 Å². The van der Waals surface area contributed by atoms with Crippen molar-refractivity contribution >= 4 is 17.7 Å². The molecule has 0 saturated carbocycles. The van der Waals surface area contributed by atoms with Crippen molar-refractivity contribution in [2.45, 2.75) is 31.7 Å². The van der Waals surface area contributed by atoms with Crippen molar-refractivity contribution < 1.29 is 23.2 Å². The molecule has 1 aliphatic carbocycles. The third-order valence-electron chi connectivity index (χ3n) is 5.46. The van der Waals surface area contributed by atoms with Crippen LogP contribution < -0.4 is 5.32 Å². The third-order valence-corrected chi connectivity index (χ3v) is 5.46. The van der Waals surface area contributed by atoms with E-state index in [0.717, 1.165) is 47.9 Å². The van der Waals surface area contributed by atoms with Crippen LogP contribution in [0.4, 0.5) is 13.6 Å². The van der Waals surface area contributed by atoms with Gasteiger partial charge in [0.05, 0.1) is 6.54 Å². The molecular formula is C21H18F2N2O3. The Morgan fingerprint density at radius 3 is 2.64 bits per heavy atom. The number of nitrogens with one attached hydrogen (secondary N) is 1. The van der Waals surface area contributed by atoms with Crippen molar-refractivity contribution in [3.63, 3.8) is 0 Å². The zero-order valence-corrected chi connectivity index (χ0v) is 15.2. The highest BCUT2D eigenvalue weighted by molar-refractivity contribution is 6.11. The molecule has 5 nitrogen and oxygen atoms in total. The molecule has 7 heteroatoms. The van der Waals surface area contributed by atoms with Crippen LogP contribution in [0.3, 0.4) is 0 Å². The molecule has 1 saturated heterocycles. The number of carbonyl (C=O) groups is 3. The van der Waals surface area contributed by atoms with E-state index in [-0.39, 0.29) is 11.3 Å². The van der Waals surface area contributed by atoms with Crippen LogP contribution in [0.5, 0.6) is 0 Å². The molecule has 0 aromatic heterocycles. The summed E-state index contributed by atoms with van der Waals surface area (Å²) in [5, 5.41) is 2.39. The Morgan fingerprint density at radius 1 is 1.11 bits per heavy atom. The molecule has 28 heavy (non-hydrogen) atoms. The summed E-state index contributed by atoms with van der Waals surface area (Å²) in [6.45, 7) is 0.834. The van der Waals surface area contributed by atoms with Gasteiger partial charge in [-0.1, -0.05) is 12.1 Å². The van der Waals surface area contributed by atoms with Crippen molar-refractivity contribution in [2.24, 2.45) is 0 Å². The predicted octanol–water partition coefficient (Wildman–Crippen LogP) is 3.10. The number of hydrogen-bond donors (Lipinski definition) is 1. The first-order valence-electron chi connectivity index (χ1n) is 9.04. The second kappa shape index (κ2) is 6.51. The van der Waals surface area contributed by atoms with Gasteiger partial charge < -0.3 is 5.32 Å². The van der Waals surface area contributed by atoms with E-state index in [0.29, 0.717) is 5.56 Å². The van der Waals surface area contributed by atoms with Crippen LogP contribution in [0.25, 0.3) is 0 Å². The number of halogens is 2. The zero-order valence-electron chi connectivity index (χ0n) is 15.2. The number of amides is 3. The van der Waals surface area contributed by atoms with E-state index in [9.17, 15) is 23.2 Å². The Morgan fingerprint density at radius 2 is 1.86 bits per heavy atom. The number of carbonyl (C=O) groups excluding carboxylic acids is 3. The number of hydrogen-bond acceptors (Lipinski definition) is 3. The average Bonchev–Trinajstić information content (AvgIpc) is 3.22. The lowest BCUT2D eigenvalue weighted by Gasteiger charge is -2.22. The molecule has 1 fully saturated rings. The zero-order chi connectivity index (χ0) is 20.1. The smallest absolute Gasteiger partial charge is 0.319 e. The lowest BCUT2D eigenvalue weighted by Crippen LogP contribution is -2.42. The maximum absolute atomic E-state index is 14.2. The van der Waals surface area contributed by atoms with Gasteiger partial charge in [-0.2, -0.15) is 0 Å². The fourth-order valence-electron chi connectivity index (χ4n) is 3.88. The van der Waals surface area contributed by atoms with E-state index in [1.165, 1.54) is 12.5 Å². The second-order valence-corrected chi connectivity index (χ2v) is 7.33. The molecule has 1 heterocycles. The first kappa shape index (κ1) is 18.3. The molecule has 144 valence electrons. The summed E-state index contributed by atoms with van der Waals surface area (Å²) in [5.41, 5.74) is 0.683. The predicted molar refractivity (Wildman–Crippen MR) is 96.8 cm³/mol. The van der Waals surface area contributed by atoms with E-state index in [4.69, 9.17) is 0 Å². The minimum Gasteiger partial charge on any atom is -0.319 e. The molecule has 0 unspecified atom stereocenters. The summed E-state index contributed by atoms with van der Waals surface area (Å²) >= 11 is 0. The largest absolute Gasteiger partial charge is 0.325 e. The van der Waals surface area contributed by atoms with Crippen LogP contribution in [0, 0.1) is 11.6 Å². The second-order valence-electron chi connectivity index (χ2n) is 7.33. The normalized spacial score (nSPS) is 21.0. The molecule has 4 rings (SSSR count). The monoisotopic (exact) mass is 384 g/mol. The number of nitrogens with zero attached hydrogens (tertiary/aromatic N) is 1. The van der Waals surface area contributed by atoms with Crippen LogP contribution in [-0.2, 0) is 23.2 Å². The Kier molecular flexibility index (Phi) is 4.25. The number of Topliss-reactive ketones (excluding diaryl/α,β-unsaturated/α-hetero) is 1. The van der Waals surface area contributed by atoms with Crippen molar-refractivity contribution in [3.8, 4) is 0 Å². The van der Waals surface area contributed by atoms with E-state index >= 15 is 0 Å². The van der Waals surface area contributed by atoms with Crippen molar-refractivity contribution in [2.75, 3.05) is 6.54 Å². The molecule has 2 aromatic rings. The van der Waals surface area contributed by atoms with Crippen LogP contribution in [-0.4, -0.2) is 29.2 Å². The lowest BCUT2D eigenvalue weighted by atomic mass is 9.91. The molecule has 0 bridgehead atoms. The number of urea groups is 1. The molecular weight excluding hydrogens is 366 g/mol. The fourth-order valence-corrected chi connectivity index (χ4v) is 3.88. The quantitative estimate of drug-likeness (QED) is 0.651. The van der Waals surface area contributed by atoms with Gasteiger partial charge in [0.15, 0.2) is 5.78 Å². The standard InChI is InChI=1S/C21H18F2N2O3/c1-21(16-10-15(22)7-8-17(16)23)19(27)25(20(28)24-21)11-18(26)14-6-5-12-3-2-4-13(12)9-14/h5-10H,2-4,11H2,1H3,(H,24,28)/t21-/m0/s1. The van der Waals surface area contributed by atoms with Gasteiger partial charge in [-0.15, -0.1) is 0 Å². The number of fused-ring (bicyclic) bond motifs is 1. The Bertz CT molecular complexity index is 1020. The molecule has 1 aliphatic heterocycles. The van der Waals surface area contributed by atoms with Gasteiger partial charge in [0.1, 0.15) is 17.2 Å². The molecule has 0 radical (unpaired) electrons. The Balaban J connectivity index is 1.59.